The zero-order valence-corrected chi connectivity index (χ0v) is 34.2. The van der Waals surface area contributed by atoms with E-state index in [9.17, 15) is 19.0 Å². The first kappa shape index (κ1) is 49.5. The molecule has 1 N–H and O–H groups in total. The lowest BCUT2D eigenvalue weighted by molar-refractivity contribution is -0.870. The molecule has 0 fully saturated rings. The second kappa shape index (κ2) is 34.2. The highest BCUT2D eigenvalue weighted by Gasteiger charge is 2.27. The van der Waals surface area contributed by atoms with Gasteiger partial charge in [-0.1, -0.05) is 119 Å². The van der Waals surface area contributed by atoms with Gasteiger partial charge in [-0.2, -0.15) is 0 Å². The molecule has 0 aromatic heterocycles. The van der Waals surface area contributed by atoms with Crippen LogP contribution >= 0.6 is 7.82 Å². The number of hydrogen-bond acceptors (Lipinski definition) is 7. The quantitative estimate of drug-likeness (QED) is 0.0228. The Hall–Kier alpha value is -2.55. The summed E-state index contributed by atoms with van der Waals surface area (Å²) in [6, 6.07) is 0. The highest BCUT2D eigenvalue weighted by Crippen LogP contribution is 2.43. The lowest BCUT2D eigenvalue weighted by atomic mass is 10.1. The first-order valence-corrected chi connectivity index (χ1v) is 21.2. The summed E-state index contributed by atoms with van der Waals surface area (Å²) in [5, 5.41) is 0. The Bertz CT molecular complexity index is 1120. The summed E-state index contributed by atoms with van der Waals surface area (Å²) in [4.78, 5) is 35.2. The van der Waals surface area contributed by atoms with Crippen molar-refractivity contribution in [3.8, 4) is 0 Å². The van der Waals surface area contributed by atoms with Crippen LogP contribution in [0.3, 0.4) is 0 Å². The van der Waals surface area contributed by atoms with Crippen molar-refractivity contribution >= 4 is 19.8 Å². The van der Waals surface area contributed by atoms with Crippen molar-refractivity contribution in [2.24, 2.45) is 0 Å². The van der Waals surface area contributed by atoms with Crippen LogP contribution in [0.15, 0.2) is 72.9 Å². The number of esters is 2. The van der Waals surface area contributed by atoms with Crippen LogP contribution in [-0.4, -0.2) is 74.9 Å². The summed E-state index contributed by atoms with van der Waals surface area (Å²) in [7, 11) is 1.43. The molecule has 0 aromatic rings. The molecule has 0 aliphatic rings. The summed E-state index contributed by atoms with van der Waals surface area (Å²) < 4.78 is 34.1. The van der Waals surface area contributed by atoms with Gasteiger partial charge in [0.05, 0.1) is 27.7 Å². The molecule has 0 radical (unpaired) electrons. The van der Waals surface area contributed by atoms with Gasteiger partial charge in [-0.05, 0) is 70.6 Å². The lowest BCUT2D eigenvalue weighted by Crippen LogP contribution is -2.37. The van der Waals surface area contributed by atoms with Crippen LogP contribution in [0, 0.1) is 0 Å². The molecule has 1 unspecified atom stereocenters. The molecule has 2 atom stereocenters. The van der Waals surface area contributed by atoms with Gasteiger partial charge < -0.3 is 18.9 Å². The van der Waals surface area contributed by atoms with E-state index in [1.807, 2.05) is 27.2 Å². The lowest BCUT2D eigenvalue weighted by Gasteiger charge is -2.24. The van der Waals surface area contributed by atoms with Crippen molar-refractivity contribution in [2.75, 3.05) is 47.5 Å². The molecule has 0 spiro atoms. The number of carbonyl (C=O) groups is 2. The third-order valence-corrected chi connectivity index (χ3v) is 8.70. The van der Waals surface area contributed by atoms with E-state index in [-0.39, 0.29) is 26.1 Å². The van der Waals surface area contributed by atoms with E-state index in [4.69, 9.17) is 18.5 Å². The molecular formula is C42H73NO8P+. The maximum absolute atomic E-state index is 12.6. The number of phosphoric ester groups is 1. The second-order valence-corrected chi connectivity index (χ2v) is 15.4. The van der Waals surface area contributed by atoms with Crippen molar-refractivity contribution in [1.82, 2.24) is 0 Å². The maximum atomic E-state index is 12.6. The molecule has 0 bridgehead atoms. The van der Waals surface area contributed by atoms with Crippen LogP contribution < -0.4 is 0 Å². The molecule has 52 heavy (non-hydrogen) atoms. The topological polar surface area (TPSA) is 108 Å². The molecule has 0 saturated carbocycles. The molecule has 9 nitrogen and oxygen atoms in total. The predicted octanol–water partition coefficient (Wildman–Crippen LogP) is 10.7. The maximum Gasteiger partial charge on any atom is 0.472 e. The number of rotatable bonds is 34. The van der Waals surface area contributed by atoms with Crippen molar-refractivity contribution in [2.45, 2.75) is 136 Å². The highest BCUT2D eigenvalue weighted by atomic mass is 31.2. The number of likely N-dealkylation sites (N-methyl/N-ethyl adjacent to an activating group) is 1. The van der Waals surface area contributed by atoms with Gasteiger partial charge in [-0.3, -0.25) is 18.6 Å². The van der Waals surface area contributed by atoms with Gasteiger partial charge in [0.15, 0.2) is 6.10 Å². The van der Waals surface area contributed by atoms with Crippen LogP contribution in [0.5, 0.6) is 0 Å². The molecule has 298 valence electrons. The van der Waals surface area contributed by atoms with Crippen molar-refractivity contribution < 1.29 is 42.1 Å². The zero-order chi connectivity index (χ0) is 38.6. The van der Waals surface area contributed by atoms with Crippen LogP contribution in [0.2, 0.25) is 0 Å². The standard InChI is InChI=1S/C42H72NO8P/c1-6-8-10-12-14-16-18-19-20-21-22-23-25-26-28-30-32-34-41(44)48-38-40(39-50-52(46,47)49-37-36-43(3,4)5)51-42(45)35-33-31-29-27-24-17-15-13-11-9-7-2/h8,10,13-16,19-20,22-23,26,28,40H,6-7,9,11-12,17-18,21,24-25,27,29-39H2,1-5H3/p+1/b10-8-,15-13-,16-14-,20-19-,23-22-,28-26-/t40-/m1/s1. The first-order valence-electron chi connectivity index (χ1n) is 19.7. The van der Waals surface area contributed by atoms with Crippen LogP contribution in [0.1, 0.15) is 129 Å². The third kappa shape index (κ3) is 37.2. The van der Waals surface area contributed by atoms with Crippen molar-refractivity contribution in [3.05, 3.63) is 72.9 Å². The Balaban J connectivity index is 4.53. The van der Waals surface area contributed by atoms with Gasteiger partial charge in [0, 0.05) is 12.8 Å². The molecule has 0 aliphatic carbocycles. The minimum absolute atomic E-state index is 0.0176. The fourth-order valence-corrected chi connectivity index (χ4v) is 5.36. The summed E-state index contributed by atoms with van der Waals surface area (Å²) in [6.45, 7) is 4.15. The van der Waals surface area contributed by atoms with E-state index >= 15 is 0 Å². The van der Waals surface area contributed by atoms with Gasteiger partial charge in [-0.25, -0.2) is 4.57 Å². The monoisotopic (exact) mass is 751 g/mol. The van der Waals surface area contributed by atoms with Gasteiger partial charge >= 0.3 is 19.8 Å². The highest BCUT2D eigenvalue weighted by molar-refractivity contribution is 7.47. The summed E-state index contributed by atoms with van der Waals surface area (Å²) >= 11 is 0. The smallest absolute Gasteiger partial charge is 0.462 e. The Labute approximate surface area is 317 Å². The minimum Gasteiger partial charge on any atom is -0.462 e. The average molecular weight is 751 g/mol. The fraction of sp³-hybridized carbons (Fsp3) is 0.667. The molecule has 0 amide bonds. The average Bonchev–Trinajstić information content (AvgIpc) is 3.09. The van der Waals surface area contributed by atoms with Crippen LogP contribution in [0.4, 0.5) is 0 Å². The third-order valence-electron chi connectivity index (χ3n) is 7.72. The van der Waals surface area contributed by atoms with Crippen molar-refractivity contribution in [3.63, 3.8) is 0 Å². The van der Waals surface area contributed by atoms with Gasteiger partial charge in [-0.15, -0.1) is 0 Å². The summed E-state index contributed by atoms with van der Waals surface area (Å²) in [5.41, 5.74) is 0. The van der Waals surface area contributed by atoms with Gasteiger partial charge in [0.2, 0.25) is 0 Å². The van der Waals surface area contributed by atoms with E-state index < -0.39 is 32.5 Å². The number of hydrogen-bond donors (Lipinski definition) is 1. The van der Waals surface area contributed by atoms with E-state index in [1.54, 1.807) is 0 Å². The number of nitrogens with zero attached hydrogens (tertiary/aromatic N) is 1. The number of unbranched alkanes of at least 4 members (excludes halogenated alkanes) is 8. The van der Waals surface area contributed by atoms with Gasteiger partial charge in [0.1, 0.15) is 19.8 Å². The largest absolute Gasteiger partial charge is 0.472 e. The number of quaternary nitrogens is 1. The number of carbonyl (C=O) groups excluding carboxylic acids is 2. The van der Waals surface area contributed by atoms with Crippen LogP contribution in [-0.2, 0) is 32.7 Å². The molecule has 0 heterocycles. The number of allylic oxidation sites excluding steroid dienone is 12. The van der Waals surface area contributed by atoms with Crippen LogP contribution in [0.25, 0.3) is 0 Å². The number of phosphoric acid groups is 1. The molecule has 0 aliphatic heterocycles. The fourth-order valence-electron chi connectivity index (χ4n) is 4.62. The molecule has 0 aromatic carbocycles. The van der Waals surface area contributed by atoms with Gasteiger partial charge in [0.25, 0.3) is 0 Å². The Kier molecular flexibility index (Phi) is 32.6. The second-order valence-electron chi connectivity index (χ2n) is 13.9. The normalized spacial score (nSPS) is 14.5. The predicted molar refractivity (Wildman–Crippen MR) is 215 cm³/mol. The molecule has 0 rings (SSSR count). The van der Waals surface area contributed by atoms with E-state index in [2.05, 4.69) is 80.7 Å². The van der Waals surface area contributed by atoms with E-state index in [0.717, 1.165) is 77.0 Å². The molecule has 10 heteroatoms. The Morgan fingerprint density at radius 1 is 0.615 bits per heavy atom. The van der Waals surface area contributed by atoms with E-state index in [1.165, 1.54) is 12.8 Å². The first-order chi connectivity index (χ1) is 25.0. The SMILES string of the molecule is CC/C=C\C/C=C\C/C=C\C/C=C\C/C=C\CCCC(=O)OC[C@H](COP(=O)(O)OCC[N+](C)(C)C)OC(=O)CCCCCCC/C=C\CCCC. The summed E-state index contributed by atoms with van der Waals surface area (Å²) in [6.07, 6.45) is 41.0. The van der Waals surface area contributed by atoms with Crippen molar-refractivity contribution in [1.29, 1.82) is 0 Å². The Morgan fingerprint density at radius 3 is 1.71 bits per heavy atom. The minimum atomic E-state index is -4.39. The molecule has 0 saturated heterocycles. The molecular weight excluding hydrogens is 677 g/mol. The Morgan fingerprint density at radius 2 is 1.12 bits per heavy atom. The van der Waals surface area contributed by atoms with E-state index in [0.29, 0.717) is 23.9 Å². The zero-order valence-electron chi connectivity index (χ0n) is 33.3. The summed E-state index contributed by atoms with van der Waals surface area (Å²) in [5.74, 6) is -0.888. The number of ether oxygens (including phenoxy) is 2.